The molecule has 0 aliphatic rings. The summed E-state index contributed by atoms with van der Waals surface area (Å²) in [4.78, 5) is 13.5. The number of aliphatic hydroxyl groups excluding tert-OH is 1. The van der Waals surface area contributed by atoms with Crippen LogP contribution in [0.5, 0.6) is 0 Å². The lowest BCUT2D eigenvalue weighted by molar-refractivity contribution is 0.209. The van der Waals surface area contributed by atoms with Gasteiger partial charge >= 0.3 is 5.76 Å². The Morgan fingerprint density at radius 3 is 2.55 bits per heavy atom. The lowest BCUT2D eigenvalue weighted by atomic mass is 10.0. The zero-order chi connectivity index (χ0) is 14.3. The van der Waals surface area contributed by atoms with Crippen LogP contribution in [-0.4, -0.2) is 10.1 Å². The molecular weight excluding hydrogens is 268 g/mol. The monoisotopic (exact) mass is 277 g/mol. The van der Waals surface area contributed by atoms with Crippen LogP contribution in [0.4, 0.5) is 8.78 Å². The molecule has 4 nitrogen and oxygen atoms in total. The minimum Gasteiger partial charge on any atom is -0.408 e. The van der Waals surface area contributed by atoms with E-state index in [9.17, 15) is 18.7 Å². The van der Waals surface area contributed by atoms with Crippen LogP contribution in [0.2, 0.25) is 0 Å². The first kappa shape index (κ1) is 12.6. The predicted molar refractivity (Wildman–Crippen MR) is 67.3 cm³/mol. The fourth-order valence-corrected chi connectivity index (χ4v) is 2.07. The topological polar surface area (TPSA) is 66.2 Å². The number of hydrogen-bond donors (Lipinski definition) is 2. The molecule has 1 aromatic heterocycles. The molecule has 0 bridgehead atoms. The minimum absolute atomic E-state index is 0.211. The summed E-state index contributed by atoms with van der Waals surface area (Å²) in [6.45, 7) is 0. The van der Waals surface area contributed by atoms with E-state index in [1.165, 1.54) is 24.3 Å². The number of fused-ring (bicyclic) bond motifs is 1. The van der Waals surface area contributed by atoms with Crippen LogP contribution < -0.4 is 5.76 Å². The van der Waals surface area contributed by atoms with Crippen molar-refractivity contribution >= 4 is 11.1 Å². The first-order valence-corrected chi connectivity index (χ1v) is 5.81. The Morgan fingerprint density at radius 1 is 1.15 bits per heavy atom. The molecule has 2 N–H and O–H groups in total. The van der Waals surface area contributed by atoms with Gasteiger partial charge in [0.15, 0.2) is 5.58 Å². The third kappa shape index (κ3) is 2.00. The van der Waals surface area contributed by atoms with Crippen LogP contribution in [0.15, 0.2) is 45.6 Å². The van der Waals surface area contributed by atoms with Crippen LogP contribution in [0.3, 0.4) is 0 Å². The molecule has 0 amide bonds. The van der Waals surface area contributed by atoms with Crippen LogP contribution in [-0.2, 0) is 0 Å². The summed E-state index contributed by atoms with van der Waals surface area (Å²) in [5.41, 5.74) is 0.442. The standard InChI is InChI=1S/C14H9F2NO3/c15-8-2-1-3-9(16)12(8)13(18)7-4-5-10-11(6-7)20-14(19)17-10/h1-6,13,18H,(H,17,19). The highest BCUT2D eigenvalue weighted by molar-refractivity contribution is 5.73. The second kappa shape index (κ2) is 4.57. The third-order valence-corrected chi connectivity index (χ3v) is 3.03. The van der Waals surface area contributed by atoms with E-state index in [0.29, 0.717) is 5.52 Å². The Labute approximate surface area is 111 Å². The normalized spacial score (nSPS) is 12.8. The average molecular weight is 277 g/mol. The summed E-state index contributed by atoms with van der Waals surface area (Å²) in [5.74, 6) is -2.31. The Hall–Kier alpha value is -2.47. The number of nitrogens with one attached hydrogen (secondary N) is 1. The van der Waals surface area contributed by atoms with Gasteiger partial charge in [-0.2, -0.15) is 0 Å². The van der Waals surface area contributed by atoms with Crippen molar-refractivity contribution in [2.24, 2.45) is 0 Å². The van der Waals surface area contributed by atoms with E-state index < -0.39 is 29.1 Å². The molecule has 0 spiro atoms. The van der Waals surface area contributed by atoms with Crippen LogP contribution in [0, 0.1) is 11.6 Å². The van der Waals surface area contributed by atoms with Crippen molar-refractivity contribution in [2.45, 2.75) is 6.10 Å². The van der Waals surface area contributed by atoms with Gasteiger partial charge in [-0.25, -0.2) is 13.6 Å². The molecule has 1 atom stereocenters. The van der Waals surface area contributed by atoms with E-state index in [2.05, 4.69) is 4.98 Å². The van der Waals surface area contributed by atoms with Crippen LogP contribution in [0.1, 0.15) is 17.2 Å². The van der Waals surface area contributed by atoms with E-state index in [0.717, 1.165) is 12.1 Å². The van der Waals surface area contributed by atoms with Crippen molar-refractivity contribution in [1.82, 2.24) is 4.98 Å². The fraction of sp³-hybridized carbons (Fsp3) is 0.0714. The van der Waals surface area contributed by atoms with Gasteiger partial charge < -0.3 is 9.52 Å². The van der Waals surface area contributed by atoms with Gasteiger partial charge in [0.25, 0.3) is 0 Å². The van der Waals surface area contributed by atoms with Gasteiger partial charge in [-0.05, 0) is 29.8 Å². The number of hydrogen-bond acceptors (Lipinski definition) is 3. The molecule has 102 valence electrons. The van der Waals surface area contributed by atoms with Crippen LogP contribution in [0.25, 0.3) is 11.1 Å². The molecule has 0 saturated heterocycles. The van der Waals surface area contributed by atoms with Crippen molar-refractivity contribution in [3.05, 3.63) is 69.7 Å². The molecular formula is C14H9F2NO3. The maximum absolute atomic E-state index is 13.6. The number of oxazole rings is 1. The Balaban J connectivity index is 2.12. The molecule has 0 aliphatic heterocycles. The van der Waals surface area contributed by atoms with E-state index in [4.69, 9.17) is 4.42 Å². The molecule has 2 aromatic carbocycles. The first-order valence-electron chi connectivity index (χ1n) is 5.81. The molecule has 1 heterocycles. The van der Waals surface area contributed by atoms with Gasteiger partial charge in [0.05, 0.1) is 11.1 Å². The fourth-order valence-electron chi connectivity index (χ4n) is 2.07. The first-order chi connectivity index (χ1) is 9.56. The lowest BCUT2D eigenvalue weighted by Crippen LogP contribution is -2.05. The smallest absolute Gasteiger partial charge is 0.408 e. The van der Waals surface area contributed by atoms with Gasteiger partial charge in [0.1, 0.15) is 17.7 Å². The Bertz CT molecular complexity index is 818. The molecule has 0 fully saturated rings. The molecule has 0 saturated carbocycles. The van der Waals surface area contributed by atoms with Gasteiger partial charge in [0.2, 0.25) is 0 Å². The summed E-state index contributed by atoms with van der Waals surface area (Å²) >= 11 is 0. The second-order valence-electron chi connectivity index (χ2n) is 4.31. The van der Waals surface area contributed by atoms with Crippen LogP contribution >= 0.6 is 0 Å². The van der Waals surface area contributed by atoms with Crippen molar-refractivity contribution in [1.29, 1.82) is 0 Å². The molecule has 3 aromatic rings. The molecule has 0 aliphatic carbocycles. The average Bonchev–Trinajstić information content (AvgIpc) is 2.77. The summed E-state index contributed by atoms with van der Waals surface area (Å²) in [7, 11) is 0. The number of aliphatic hydroxyl groups is 1. The summed E-state index contributed by atoms with van der Waals surface area (Å²) < 4.78 is 32.1. The predicted octanol–water partition coefficient (Wildman–Crippen LogP) is 2.48. The van der Waals surface area contributed by atoms with Gasteiger partial charge in [-0.15, -0.1) is 0 Å². The Kier molecular flexibility index (Phi) is 2.87. The summed E-state index contributed by atoms with van der Waals surface area (Å²) in [5, 5.41) is 10.1. The maximum Gasteiger partial charge on any atom is 0.417 e. The largest absolute Gasteiger partial charge is 0.417 e. The maximum atomic E-state index is 13.6. The molecule has 1 unspecified atom stereocenters. The highest BCUT2D eigenvalue weighted by atomic mass is 19.1. The molecule has 3 rings (SSSR count). The third-order valence-electron chi connectivity index (χ3n) is 3.03. The van der Waals surface area contributed by atoms with Crippen molar-refractivity contribution in [3.8, 4) is 0 Å². The number of benzene rings is 2. The molecule has 20 heavy (non-hydrogen) atoms. The lowest BCUT2D eigenvalue weighted by Gasteiger charge is -2.13. The van der Waals surface area contributed by atoms with E-state index in [1.54, 1.807) is 0 Å². The number of halogens is 2. The highest BCUT2D eigenvalue weighted by Gasteiger charge is 2.20. The SMILES string of the molecule is O=c1[nH]c2ccc(C(O)c3c(F)cccc3F)cc2o1. The van der Waals surface area contributed by atoms with E-state index >= 15 is 0 Å². The minimum atomic E-state index is -1.49. The Morgan fingerprint density at radius 2 is 1.85 bits per heavy atom. The van der Waals surface area contributed by atoms with Gasteiger partial charge in [0, 0.05) is 0 Å². The summed E-state index contributed by atoms with van der Waals surface area (Å²) in [6.07, 6.45) is -1.49. The van der Waals surface area contributed by atoms with Gasteiger partial charge in [-0.1, -0.05) is 12.1 Å². The van der Waals surface area contributed by atoms with Crippen molar-refractivity contribution < 1.29 is 18.3 Å². The van der Waals surface area contributed by atoms with E-state index in [1.807, 2.05) is 0 Å². The number of aromatic nitrogens is 1. The number of H-pyrrole nitrogens is 1. The summed E-state index contributed by atoms with van der Waals surface area (Å²) in [6, 6.07) is 7.67. The highest BCUT2D eigenvalue weighted by Crippen LogP contribution is 2.28. The molecule has 0 radical (unpaired) electrons. The zero-order valence-electron chi connectivity index (χ0n) is 10.1. The zero-order valence-corrected chi connectivity index (χ0v) is 10.1. The molecule has 6 heteroatoms. The number of rotatable bonds is 2. The second-order valence-corrected chi connectivity index (χ2v) is 4.31. The van der Waals surface area contributed by atoms with Crippen molar-refractivity contribution in [2.75, 3.05) is 0 Å². The van der Waals surface area contributed by atoms with Gasteiger partial charge in [-0.3, -0.25) is 4.98 Å². The quantitative estimate of drug-likeness (QED) is 0.756. The van der Waals surface area contributed by atoms with Crippen molar-refractivity contribution in [3.63, 3.8) is 0 Å². The number of aromatic amines is 1. The van der Waals surface area contributed by atoms with E-state index in [-0.39, 0.29) is 11.1 Å².